The quantitative estimate of drug-likeness (QED) is 0.638. The zero-order valence-corrected chi connectivity index (χ0v) is 14.7. The molecule has 1 aromatic rings. The minimum Gasteiger partial charge on any atom is -0.406 e. The summed E-state index contributed by atoms with van der Waals surface area (Å²) in [5.41, 5.74) is 0.292. The minimum atomic E-state index is -4.79. The molecule has 27 heavy (non-hydrogen) atoms. The van der Waals surface area contributed by atoms with E-state index in [9.17, 15) is 27.6 Å². The number of carbonyl (C=O) groups is 3. The summed E-state index contributed by atoms with van der Waals surface area (Å²) >= 11 is 0. The van der Waals surface area contributed by atoms with Crippen LogP contribution in [0.2, 0.25) is 0 Å². The van der Waals surface area contributed by atoms with Gasteiger partial charge in [0.25, 0.3) is 11.8 Å². The van der Waals surface area contributed by atoms with Crippen LogP contribution in [0.25, 0.3) is 0 Å². The van der Waals surface area contributed by atoms with Gasteiger partial charge in [0.15, 0.2) is 12.6 Å². The van der Waals surface area contributed by atoms with Gasteiger partial charge in [0, 0.05) is 18.8 Å². The summed E-state index contributed by atoms with van der Waals surface area (Å²) in [6.45, 7) is 2.22. The highest BCUT2D eigenvalue weighted by Crippen LogP contribution is 2.23. The average Bonchev–Trinajstić information content (AvgIpc) is 2.99. The van der Waals surface area contributed by atoms with Crippen molar-refractivity contribution in [3.63, 3.8) is 0 Å². The number of carbonyl (C=O) groups excluding carboxylic acids is 3. The van der Waals surface area contributed by atoms with Crippen molar-refractivity contribution in [3.8, 4) is 5.75 Å². The van der Waals surface area contributed by atoms with E-state index in [-0.39, 0.29) is 19.0 Å². The zero-order valence-electron chi connectivity index (χ0n) is 14.7. The summed E-state index contributed by atoms with van der Waals surface area (Å²) in [4.78, 5) is 37.6. The van der Waals surface area contributed by atoms with Crippen LogP contribution in [0.4, 0.5) is 23.7 Å². The van der Waals surface area contributed by atoms with E-state index in [0.29, 0.717) is 17.1 Å². The zero-order chi connectivity index (χ0) is 20.2. The van der Waals surface area contributed by atoms with E-state index in [1.807, 2.05) is 0 Å². The smallest absolute Gasteiger partial charge is 0.406 e. The second-order valence-corrected chi connectivity index (χ2v) is 6.09. The fourth-order valence-electron chi connectivity index (χ4n) is 2.48. The lowest BCUT2D eigenvalue weighted by Crippen LogP contribution is -3.15. The molecule has 0 spiro atoms. The standard InChI is InChI=1S/C16H19F3N4O4/c1-10(14(25)23-8-7-20-15(23)26)22(2)9-13(24)21-11-3-5-12(6-4-11)27-16(17,18)19/h3-6,10H,7-9H2,1-2H3,(H,20,26)(H,21,24)/p+1/t10-/m1/s1. The average molecular weight is 389 g/mol. The molecule has 1 saturated heterocycles. The van der Waals surface area contributed by atoms with Crippen LogP contribution < -0.4 is 20.3 Å². The Morgan fingerprint density at radius 2 is 1.96 bits per heavy atom. The molecule has 1 unspecified atom stereocenters. The topological polar surface area (TPSA) is 92.2 Å². The first-order valence-corrected chi connectivity index (χ1v) is 8.14. The van der Waals surface area contributed by atoms with Gasteiger partial charge < -0.3 is 20.3 Å². The van der Waals surface area contributed by atoms with E-state index in [4.69, 9.17) is 0 Å². The molecule has 1 aromatic carbocycles. The largest absolute Gasteiger partial charge is 0.573 e. The van der Waals surface area contributed by atoms with Gasteiger partial charge in [0.05, 0.1) is 7.05 Å². The number of urea groups is 1. The number of nitrogens with zero attached hydrogens (tertiary/aromatic N) is 1. The Hall–Kier alpha value is -2.82. The van der Waals surface area contributed by atoms with Crippen LogP contribution in [0.3, 0.4) is 0 Å². The fourth-order valence-corrected chi connectivity index (χ4v) is 2.48. The predicted molar refractivity (Wildman–Crippen MR) is 88.1 cm³/mol. The van der Waals surface area contributed by atoms with Gasteiger partial charge in [-0.25, -0.2) is 4.79 Å². The highest BCUT2D eigenvalue weighted by molar-refractivity contribution is 5.97. The van der Waals surface area contributed by atoms with Gasteiger partial charge in [-0.1, -0.05) is 0 Å². The molecule has 3 N–H and O–H groups in total. The van der Waals surface area contributed by atoms with Gasteiger partial charge in [0.1, 0.15) is 5.75 Å². The van der Waals surface area contributed by atoms with Crippen molar-refractivity contribution in [2.75, 3.05) is 32.0 Å². The number of rotatable bonds is 6. The summed E-state index contributed by atoms with van der Waals surface area (Å²) in [5.74, 6) is -1.21. The third kappa shape index (κ3) is 5.84. The van der Waals surface area contributed by atoms with Crippen LogP contribution in [0.15, 0.2) is 24.3 Å². The van der Waals surface area contributed by atoms with Gasteiger partial charge in [-0.05, 0) is 31.2 Å². The van der Waals surface area contributed by atoms with Gasteiger partial charge in [0.2, 0.25) is 0 Å². The molecule has 0 radical (unpaired) electrons. The summed E-state index contributed by atoms with van der Waals surface area (Å²) in [7, 11) is 1.64. The van der Waals surface area contributed by atoms with Gasteiger partial charge in [-0.2, -0.15) is 0 Å². The lowest BCUT2D eigenvalue weighted by molar-refractivity contribution is -0.886. The monoisotopic (exact) mass is 389 g/mol. The molecule has 1 aliphatic rings. The van der Waals surface area contributed by atoms with Crippen molar-refractivity contribution in [2.45, 2.75) is 19.3 Å². The van der Waals surface area contributed by atoms with Crippen LogP contribution in [0.5, 0.6) is 5.75 Å². The molecule has 2 atom stereocenters. The Morgan fingerprint density at radius 1 is 1.33 bits per heavy atom. The van der Waals surface area contributed by atoms with E-state index in [0.717, 1.165) is 17.0 Å². The minimum absolute atomic E-state index is 0.0663. The lowest BCUT2D eigenvalue weighted by atomic mass is 10.2. The first-order chi connectivity index (χ1) is 12.6. The first kappa shape index (κ1) is 20.5. The summed E-state index contributed by atoms with van der Waals surface area (Å²) in [6, 6.07) is 3.64. The van der Waals surface area contributed by atoms with Crippen molar-refractivity contribution in [2.24, 2.45) is 0 Å². The molecule has 0 bridgehead atoms. The first-order valence-electron chi connectivity index (χ1n) is 8.14. The van der Waals surface area contributed by atoms with Gasteiger partial charge in [-0.15, -0.1) is 13.2 Å². The fraction of sp³-hybridized carbons (Fsp3) is 0.438. The number of likely N-dealkylation sites (N-methyl/N-ethyl adjacent to an activating group) is 1. The number of amides is 4. The van der Waals surface area contributed by atoms with Crippen molar-refractivity contribution in [1.82, 2.24) is 10.2 Å². The van der Waals surface area contributed by atoms with E-state index in [1.54, 1.807) is 14.0 Å². The second kappa shape index (κ2) is 8.25. The summed E-state index contributed by atoms with van der Waals surface area (Å²) in [5, 5.41) is 5.07. The lowest BCUT2D eigenvalue weighted by Gasteiger charge is -2.23. The number of ether oxygens (including phenoxy) is 1. The van der Waals surface area contributed by atoms with Crippen LogP contribution in [-0.4, -0.2) is 61.8 Å². The molecule has 11 heteroatoms. The Bertz CT molecular complexity index is 709. The number of halogens is 3. The number of alkyl halides is 3. The molecule has 0 saturated carbocycles. The number of hydrogen-bond acceptors (Lipinski definition) is 4. The van der Waals surface area contributed by atoms with Crippen molar-refractivity contribution in [1.29, 1.82) is 0 Å². The normalized spacial score (nSPS) is 16.5. The van der Waals surface area contributed by atoms with Crippen LogP contribution in [0, 0.1) is 0 Å². The Morgan fingerprint density at radius 3 is 2.48 bits per heavy atom. The number of quaternary nitrogens is 1. The van der Waals surface area contributed by atoms with E-state index in [2.05, 4.69) is 15.4 Å². The molecule has 8 nitrogen and oxygen atoms in total. The van der Waals surface area contributed by atoms with Crippen LogP contribution >= 0.6 is 0 Å². The van der Waals surface area contributed by atoms with Crippen molar-refractivity contribution >= 4 is 23.5 Å². The van der Waals surface area contributed by atoms with Gasteiger partial charge >= 0.3 is 12.4 Å². The molecule has 2 rings (SSSR count). The third-order valence-corrected chi connectivity index (χ3v) is 4.04. The number of anilines is 1. The molecule has 1 heterocycles. The van der Waals surface area contributed by atoms with Crippen molar-refractivity contribution < 1.29 is 37.2 Å². The molecule has 0 aromatic heterocycles. The predicted octanol–water partition coefficient (Wildman–Crippen LogP) is -0.0213. The number of imide groups is 1. The molecule has 4 amide bonds. The van der Waals surface area contributed by atoms with Crippen LogP contribution in [-0.2, 0) is 9.59 Å². The highest BCUT2D eigenvalue weighted by Gasteiger charge is 2.34. The van der Waals surface area contributed by atoms with E-state index in [1.165, 1.54) is 12.1 Å². The van der Waals surface area contributed by atoms with Crippen molar-refractivity contribution in [3.05, 3.63) is 24.3 Å². The Labute approximate surface area is 153 Å². The molecule has 1 fully saturated rings. The van der Waals surface area contributed by atoms with E-state index < -0.39 is 30.1 Å². The maximum absolute atomic E-state index is 12.3. The molecule has 0 aliphatic carbocycles. The second-order valence-electron chi connectivity index (χ2n) is 6.09. The summed E-state index contributed by atoms with van der Waals surface area (Å²) in [6.07, 6.45) is -4.79. The van der Waals surface area contributed by atoms with Crippen LogP contribution in [0.1, 0.15) is 6.92 Å². The number of benzene rings is 1. The van der Waals surface area contributed by atoms with Gasteiger partial charge in [-0.3, -0.25) is 14.5 Å². The number of hydrogen-bond donors (Lipinski definition) is 3. The van der Waals surface area contributed by atoms with E-state index >= 15 is 0 Å². The highest BCUT2D eigenvalue weighted by atomic mass is 19.4. The SMILES string of the molecule is C[C@H](C(=O)N1CCNC1=O)[NH+](C)CC(=O)Nc1ccc(OC(F)(F)F)cc1. The Balaban J connectivity index is 1.87. The molecule has 1 aliphatic heterocycles. The maximum atomic E-state index is 12.3. The maximum Gasteiger partial charge on any atom is 0.573 e. The Kier molecular flexibility index (Phi) is 6.26. The number of nitrogens with one attached hydrogen (secondary N) is 3. The molecular formula is C16H20F3N4O4+. The molecule has 148 valence electrons. The molecular weight excluding hydrogens is 369 g/mol. The third-order valence-electron chi connectivity index (χ3n) is 4.04. The summed E-state index contributed by atoms with van der Waals surface area (Å²) < 4.78 is 40.1.